The second kappa shape index (κ2) is 5.45. The van der Waals surface area contributed by atoms with Crippen molar-refractivity contribution in [3.05, 3.63) is 50.9 Å². The third-order valence-electron chi connectivity index (χ3n) is 2.23. The Morgan fingerprint density at radius 3 is 2.62 bits per heavy atom. The number of rotatable bonds is 4. The third kappa shape index (κ3) is 3.31. The second-order valence-electron chi connectivity index (χ2n) is 3.66. The van der Waals surface area contributed by atoms with Crippen molar-refractivity contribution >= 4 is 22.6 Å². The minimum atomic E-state index is 0.739. The lowest BCUT2D eigenvalue weighted by Gasteiger charge is -2.02. The lowest BCUT2D eigenvalue weighted by molar-refractivity contribution is 0.388. The van der Waals surface area contributed by atoms with Crippen LogP contribution in [0.1, 0.15) is 17.0 Å². The molecule has 1 aromatic heterocycles. The van der Waals surface area contributed by atoms with E-state index in [4.69, 9.17) is 4.52 Å². The van der Waals surface area contributed by atoms with Crippen molar-refractivity contribution in [2.24, 2.45) is 0 Å². The standard InChI is InChI=1S/C12H13IN2O/c1-9-6-12(15-16-9)8-14-7-10-2-4-11(13)5-3-10/h2-6,14H,7-8H2,1H3. The summed E-state index contributed by atoms with van der Waals surface area (Å²) in [4.78, 5) is 0. The zero-order valence-corrected chi connectivity index (χ0v) is 11.2. The van der Waals surface area contributed by atoms with E-state index in [1.54, 1.807) is 0 Å². The van der Waals surface area contributed by atoms with Gasteiger partial charge in [0.25, 0.3) is 0 Å². The van der Waals surface area contributed by atoms with Gasteiger partial charge in [-0.2, -0.15) is 0 Å². The molecular formula is C12H13IN2O. The van der Waals surface area contributed by atoms with Crippen LogP contribution in [0.15, 0.2) is 34.9 Å². The predicted octanol–water partition coefficient (Wildman–Crippen LogP) is 2.88. The van der Waals surface area contributed by atoms with Crippen LogP contribution in [0.4, 0.5) is 0 Å². The molecule has 0 fully saturated rings. The highest BCUT2D eigenvalue weighted by Gasteiger charge is 1.99. The monoisotopic (exact) mass is 328 g/mol. The zero-order valence-electron chi connectivity index (χ0n) is 9.03. The summed E-state index contributed by atoms with van der Waals surface area (Å²) in [6.45, 7) is 3.49. The molecular weight excluding hydrogens is 315 g/mol. The molecule has 0 saturated carbocycles. The van der Waals surface area contributed by atoms with Gasteiger partial charge in [-0.1, -0.05) is 17.3 Å². The molecule has 3 nitrogen and oxygen atoms in total. The Kier molecular flexibility index (Phi) is 3.95. The highest BCUT2D eigenvalue weighted by atomic mass is 127. The number of nitrogens with one attached hydrogen (secondary N) is 1. The fourth-order valence-corrected chi connectivity index (χ4v) is 1.80. The topological polar surface area (TPSA) is 38.1 Å². The molecule has 1 aromatic carbocycles. The molecule has 0 amide bonds. The first kappa shape index (κ1) is 11.6. The van der Waals surface area contributed by atoms with E-state index in [2.05, 4.69) is 57.3 Å². The van der Waals surface area contributed by atoms with Crippen LogP contribution >= 0.6 is 22.6 Å². The molecule has 0 aliphatic heterocycles. The Labute approximate surface area is 108 Å². The van der Waals surface area contributed by atoms with Crippen LogP contribution in [-0.2, 0) is 13.1 Å². The average Bonchev–Trinajstić information content (AvgIpc) is 2.67. The summed E-state index contributed by atoms with van der Waals surface area (Å²) < 4.78 is 6.25. The van der Waals surface area contributed by atoms with Crippen molar-refractivity contribution < 1.29 is 4.52 Å². The quantitative estimate of drug-likeness (QED) is 0.877. The molecule has 0 bridgehead atoms. The van der Waals surface area contributed by atoms with E-state index in [9.17, 15) is 0 Å². The van der Waals surface area contributed by atoms with Gasteiger partial charge in [0, 0.05) is 22.7 Å². The molecule has 0 radical (unpaired) electrons. The molecule has 2 aromatic rings. The van der Waals surface area contributed by atoms with Gasteiger partial charge in [-0.3, -0.25) is 0 Å². The van der Waals surface area contributed by atoms with Crippen LogP contribution < -0.4 is 5.32 Å². The average molecular weight is 328 g/mol. The summed E-state index contributed by atoms with van der Waals surface area (Å²) in [5.41, 5.74) is 2.23. The maximum Gasteiger partial charge on any atom is 0.133 e. The number of nitrogens with zero attached hydrogens (tertiary/aromatic N) is 1. The highest BCUT2D eigenvalue weighted by molar-refractivity contribution is 14.1. The normalized spacial score (nSPS) is 10.6. The van der Waals surface area contributed by atoms with E-state index in [0.29, 0.717) is 0 Å². The Morgan fingerprint density at radius 2 is 2.00 bits per heavy atom. The molecule has 0 aliphatic rings. The summed E-state index contributed by atoms with van der Waals surface area (Å²) >= 11 is 2.30. The number of hydrogen-bond acceptors (Lipinski definition) is 3. The number of aryl methyl sites for hydroxylation is 1. The lowest BCUT2D eigenvalue weighted by atomic mass is 10.2. The summed E-state index contributed by atoms with van der Waals surface area (Å²) in [6, 6.07) is 10.4. The predicted molar refractivity (Wildman–Crippen MR) is 70.9 cm³/mol. The van der Waals surface area contributed by atoms with Crippen LogP contribution in [0.2, 0.25) is 0 Å². The number of aromatic nitrogens is 1. The fraction of sp³-hybridized carbons (Fsp3) is 0.250. The minimum absolute atomic E-state index is 0.739. The van der Waals surface area contributed by atoms with Gasteiger partial charge in [0.15, 0.2) is 0 Å². The van der Waals surface area contributed by atoms with E-state index in [1.807, 2.05) is 13.0 Å². The number of hydrogen-bond donors (Lipinski definition) is 1. The minimum Gasteiger partial charge on any atom is -0.361 e. The smallest absolute Gasteiger partial charge is 0.133 e. The third-order valence-corrected chi connectivity index (χ3v) is 2.94. The van der Waals surface area contributed by atoms with Crippen LogP contribution in [0.5, 0.6) is 0 Å². The largest absolute Gasteiger partial charge is 0.361 e. The van der Waals surface area contributed by atoms with E-state index < -0.39 is 0 Å². The molecule has 0 unspecified atom stereocenters. The molecule has 1 heterocycles. The molecule has 84 valence electrons. The van der Waals surface area contributed by atoms with Gasteiger partial charge in [-0.05, 0) is 47.2 Å². The Bertz CT molecular complexity index is 450. The van der Waals surface area contributed by atoms with Gasteiger partial charge in [-0.25, -0.2) is 0 Å². The van der Waals surface area contributed by atoms with E-state index in [1.165, 1.54) is 9.13 Å². The summed E-state index contributed by atoms with van der Waals surface area (Å²) in [6.07, 6.45) is 0. The summed E-state index contributed by atoms with van der Waals surface area (Å²) in [7, 11) is 0. The first-order valence-corrected chi connectivity index (χ1v) is 6.19. The first-order chi connectivity index (χ1) is 7.74. The van der Waals surface area contributed by atoms with Crippen molar-refractivity contribution in [1.82, 2.24) is 10.5 Å². The number of benzene rings is 1. The Hall–Kier alpha value is -0.880. The van der Waals surface area contributed by atoms with Gasteiger partial charge in [0.1, 0.15) is 5.76 Å². The van der Waals surface area contributed by atoms with Crippen molar-refractivity contribution in [2.75, 3.05) is 0 Å². The molecule has 16 heavy (non-hydrogen) atoms. The van der Waals surface area contributed by atoms with Crippen LogP contribution in [0, 0.1) is 10.5 Å². The fourth-order valence-electron chi connectivity index (χ4n) is 1.44. The summed E-state index contributed by atoms with van der Waals surface area (Å²) in [5, 5.41) is 7.25. The molecule has 0 atom stereocenters. The van der Waals surface area contributed by atoms with Crippen molar-refractivity contribution in [2.45, 2.75) is 20.0 Å². The molecule has 4 heteroatoms. The van der Waals surface area contributed by atoms with Gasteiger partial charge in [-0.15, -0.1) is 0 Å². The van der Waals surface area contributed by atoms with Crippen molar-refractivity contribution in [3.8, 4) is 0 Å². The van der Waals surface area contributed by atoms with Gasteiger partial charge in [0.2, 0.25) is 0 Å². The molecule has 0 saturated heterocycles. The van der Waals surface area contributed by atoms with E-state index in [-0.39, 0.29) is 0 Å². The SMILES string of the molecule is Cc1cc(CNCc2ccc(I)cc2)no1. The molecule has 0 spiro atoms. The van der Waals surface area contributed by atoms with Gasteiger partial charge in [0.05, 0.1) is 5.69 Å². The zero-order chi connectivity index (χ0) is 11.4. The van der Waals surface area contributed by atoms with E-state index in [0.717, 1.165) is 24.5 Å². The maximum absolute atomic E-state index is 4.99. The Balaban J connectivity index is 1.82. The lowest BCUT2D eigenvalue weighted by Crippen LogP contribution is -2.12. The molecule has 2 rings (SSSR count). The highest BCUT2D eigenvalue weighted by Crippen LogP contribution is 2.07. The van der Waals surface area contributed by atoms with Crippen LogP contribution in [0.3, 0.4) is 0 Å². The first-order valence-electron chi connectivity index (χ1n) is 5.11. The molecule has 1 N–H and O–H groups in total. The van der Waals surface area contributed by atoms with E-state index >= 15 is 0 Å². The summed E-state index contributed by atoms with van der Waals surface area (Å²) in [5.74, 6) is 0.853. The number of halogens is 1. The molecule has 0 aliphatic carbocycles. The van der Waals surface area contributed by atoms with Crippen LogP contribution in [-0.4, -0.2) is 5.16 Å². The van der Waals surface area contributed by atoms with Crippen molar-refractivity contribution in [3.63, 3.8) is 0 Å². The maximum atomic E-state index is 4.99. The second-order valence-corrected chi connectivity index (χ2v) is 4.90. The Morgan fingerprint density at radius 1 is 1.25 bits per heavy atom. The van der Waals surface area contributed by atoms with Gasteiger partial charge < -0.3 is 9.84 Å². The van der Waals surface area contributed by atoms with Gasteiger partial charge >= 0.3 is 0 Å². The van der Waals surface area contributed by atoms with Crippen LogP contribution in [0.25, 0.3) is 0 Å². The van der Waals surface area contributed by atoms with Crippen molar-refractivity contribution in [1.29, 1.82) is 0 Å².